The highest BCUT2D eigenvalue weighted by molar-refractivity contribution is 5.82. The first-order valence-corrected chi connectivity index (χ1v) is 10.2. The highest BCUT2D eigenvalue weighted by atomic mass is 16.2. The lowest BCUT2D eigenvalue weighted by Gasteiger charge is -2.36. The molecule has 1 amide bonds. The molecular weight excluding hydrogens is 312 g/mol. The van der Waals surface area contributed by atoms with Crippen LogP contribution < -0.4 is 11.1 Å². The minimum Gasteiger partial charge on any atom is -0.352 e. The average molecular weight is 353 g/mol. The summed E-state index contributed by atoms with van der Waals surface area (Å²) >= 11 is 0. The van der Waals surface area contributed by atoms with E-state index in [0.29, 0.717) is 35.9 Å². The van der Waals surface area contributed by atoms with Gasteiger partial charge < -0.3 is 11.1 Å². The van der Waals surface area contributed by atoms with Gasteiger partial charge in [0.1, 0.15) is 5.78 Å². The Balaban J connectivity index is 2.66. The first-order chi connectivity index (χ1) is 11.6. The summed E-state index contributed by atoms with van der Waals surface area (Å²) in [7, 11) is 0. The van der Waals surface area contributed by atoms with Gasteiger partial charge in [-0.2, -0.15) is 0 Å². The fraction of sp³-hybridized carbons (Fsp3) is 0.905. The van der Waals surface area contributed by atoms with Crippen molar-refractivity contribution in [3.05, 3.63) is 0 Å². The highest BCUT2D eigenvalue weighted by Gasteiger charge is 2.35. The summed E-state index contributed by atoms with van der Waals surface area (Å²) in [4.78, 5) is 24.9. The number of carbonyl (C=O) groups excluding carboxylic acids is 2. The minimum absolute atomic E-state index is 0.0426. The van der Waals surface area contributed by atoms with Crippen LogP contribution in [0.1, 0.15) is 80.1 Å². The normalized spacial score (nSPS) is 26.5. The molecule has 0 spiro atoms. The number of carbonyl (C=O) groups is 2. The summed E-state index contributed by atoms with van der Waals surface area (Å²) in [5, 5.41) is 3.03. The van der Waals surface area contributed by atoms with Crippen LogP contribution in [0.5, 0.6) is 0 Å². The SMILES string of the molecule is CC(C)C[C@@H](CCC(=O)[C@@H]1C[C@H](C)CC[C@H]1C(C)C)NC(=O)[C@H](C)N. The third kappa shape index (κ3) is 7.47. The van der Waals surface area contributed by atoms with Gasteiger partial charge in [0.25, 0.3) is 0 Å². The van der Waals surface area contributed by atoms with E-state index in [1.165, 1.54) is 12.8 Å². The maximum absolute atomic E-state index is 12.9. The van der Waals surface area contributed by atoms with Gasteiger partial charge in [0.05, 0.1) is 6.04 Å². The van der Waals surface area contributed by atoms with Crippen LogP contribution in [0.3, 0.4) is 0 Å². The number of Topliss-reactive ketones (excluding diaryl/α,β-unsaturated/α-hetero) is 1. The molecule has 25 heavy (non-hydrogen) atoms. The first-order valence-electron chi connectivity index (χ1n) is 10.2. The Bertz CT molecular complexity index is 432. The molecule has 1 saturated carbocycles. The molecule has 0 aromatic rings. The van der Waals surface area contributed by atoms with Crippen molar-refractivity contribution in [3.63, 3.8) is 0 Å². The van der Waals surface area contributed by atoms with E-state index < -0.39 is 6.04 Å². The number of amides is 1. The molecule has 0 unspecified atom stereocenters. The van der Waals surface area contributed by atoms with Gasteiger partial charge in [0.15, 0.2) is 0 Å². The molecule has 5 atom stereocenters. The number of ketones is 1. The largest absolute Gasteiger partial charge is 0.352 e. The summed E-state index contributed by atoms with van der Waals surface area (Å²) in [6.45, 7) is 12.7. The van der Waals surface area contributed by atoms with E-state index in [2.05, 4.69) is 39.9 Å². The summed E-state index contributed by atoms with van der Waals surface area (Å²) in [5.41, 5.74) is 5.68. The fourth-order valence-electron chi connectivity index (χ4n) is 4.22. The highest BCUT2D eigenvalue weighted by Crippen LogP contribution is 2.39. The predicted octanol–water partition coefficient (Wildman–Crippen LogP) is 3.92. The molecule has 1 rings (SSSR count). The van der Waals surface area contributed by atoms with Crippen molar-refractivity contribution in [1.82, 2.24) is 5.32 Å². The summed E-state index contributed by atoms with van der Waals surface area (Å²) in [6.07, 6.45) is 5.63. The Morgan fingerprint density at radius 1 is 1.12 bits per heavy atom. The summed E-state index contributed by atoms with van der Waals surface area (Å²) < 4.78 is 0. The second-order valence-electron chi connectivity index (χ2n) is 9.06. The van der Waals surface area contributed by atoms with Crippen LogP contribution in [0.15, 0.2) is 0 Å². The van der Waals surface area contributed by atoms with Gasteiger partial charge in [-0.25, -0.2) is 0 Å². The van der Waals surface area contributed by atoms with Crippen LogP contribution in [-0.2, 0) is 9.59 Å². The van der Waals surface area contributed by atoms with E-state index in [0.717, 1.165) is 19.3 Å². The molecule has 0 aromatic carbocycles. The molecule has 1 aliphatic rings. The zero-order valence-electron chi connectivity index (χ0n) is 17.2. The standard InChI is InChI=1S/C21H40N2O2/c1-13(2)11-17(23-21(25)16(6)22)8-10-20(24)19-12-15(5)7-9-18(19)14(3)4/h13-19H,7-12,22H2,1-6H3,(H,23,25)/t15-,16+,17-,18+,19-/m1/s1. The molecular formula is C21H40N2O2. The zero-order chi connectivity index (χ0) is 19.1. The number of hydrogen-bond donors (Lipinski definition) is 2. The van der Waals surface area contributed by atoms with Gasteiger partial charge in [-0.05, 0) is 56.3 Å². The molecule has 0 radical (unpaired) electrons. The third-order valence-electron chi connectivity index (χ3n) is 5.69. The molecule has 0 heterocycles. The molecule has 0 saturated heterocycles. The van der Waals surface area contributed by atoms with Crippen LogP contribution in [0.25, 0.3) is 0 Å². The molecule has 0 aliphatic heterocycles. The summed E-state index contributed by atoms with van der Waals surface area (Å²) in [5.74, 6) is 2.68. The van der Waals surface area contributed by atoms with E-state index in [-0.39, 0.29) is 17.9 Å². The lowest BCUT2D eigenvalue weighted by atomic mass is 9.68. The van der Waals surface area contributed by atoms with Crippen LogP contribution in [-0.4, -0.2) is 23.8 Å². The molecule has 0 bridgehead atoms. The Morgan fingerprint density at radius 2 is 1.76 bits per heavy atom. The summed E-state index contributed by atoms with van der Waals surface area (Å²) in [6, 6.07) is -0.462. The van der Waals surface area contributed by atoms with Crippen LogP contribution in [0.2, 0.25) is 0 Å². The van der Waals surface area contributed by atoms with Gasteiger partial charge in [-0.1, -0.05) is 41.0 Å². The maximum Gasteiger partial charge on any atom is 0.236 e. The lowest BCUT2D eigenvalue weighted by Crippen LogP contribution is -2.44. The second-order valence-corrected chi connectivity index (χ2v) is 9.06. The van der Waals surface area contributed by atoms with Gasteiger partial charge in [0.2, 0.25) is 5.91 Å². The number of rotatable bonds is 9. The van der Waals surface area contributed by atoms with Crippen molar-refractivity contribution >= 4 is 11.7 Å². The van der Waals surface area contributed by atoms with E-state index in [1.807, 2.05) is 0 Å². The Kier molecular flexibility index (Phi) is 9.12. The van der Waals surface area contributed by atoms with E-state index in [9.17, 15) is 9.59 Å². The van der Waals surface area contributed by atoms with Crippen LogP contribution in [0.4, 0.5) is 0 Å². The fourth-order valence-corrected chi connectivity index (χ4v) is 4.22. The molecule has 0 aromatic heterocycles. The quantitative estimate of drug-likeness (QED) is 0.660. The monoisotopic (exact) mass is 352 g/mol. The number of nitrogens with two attached hydrogens (primary N) is 1. The molecule has 1 aliphatic carbocycles. The lowest BCUT2D eigenvalue weighted by molar-refractivity contribution is -0.128. The van der Waals surface area contributed by atoms with Crippen LogP contribution >= 0.6 is 0 Å². The minimum atomic E-state index is -0.505. The van der Waals surface area contributed by atoms with Gasteiger partial charge >= 0.3 is 0 Å². The molecule has 146 valence electrons. The van der Waals surface area contributed by atoms with E-state index in [4.69, 9.17) is 5.73 Å². The van der Waals surface area contributed by atoms with Crippen molar-refractivity contribution in [2.45, 2.75) is 92.2 Å². The Morgan fingerprint density at radius 3 is 2.28 bits per heavy atom. The van der Waals surface area contributed by atoms with Gasteiger partial charge in [-0.15, -0.1) is 0 Å². The topological polar surface area (TPSA) is 72.2 Å². The third-order valence-corrected chi connectivity index (χ3v) is 5.69. The van der Waals surface area contributed by atoms with Crippen molar-refractivity contribution in [1.29, 1.82) is 0 Å². The average Bonchev–Trinajstić information content (AvgIpc) is 2.51. The van der Waals surface area contributed by atoms with E-state index >= 15 is 0 Å². The van der Waals surface area contributed by atoms with Crippen LogP contribution in [0, 0.1) is 29.6 Å². The van der Waals surface area contributed by atoms with E-state index in [1.54, 1.807) is 6.92 Å². The molecule has 3 N–H and O–H groups in total. The van der Waals surface area contributed by atoms with Crippen molar-refractivity contribution in [2.24, 2.45) is 35.3 Å². The predicted molar refractivity (Wildman–Crippen MR) is 104 cm³/mol. The number of hydrogen-bond acceptors (Lipinski definition) is 3. The smallest absolute Gasteiger partial charge is 0.236 e. The maximum atomic E-state index is 12.9. The number of nitrogens with one attached hydrogen (secondary N) is 1. The molecule has 4 heteroatoms. The second kappa shape index (κ2) is 10.3. The van der Waals surface area contributed by atoms with Crippen molar-refractivity contribution < 1.29 is 9.59 Å². The van der Waals surface area contributed by atoms with Crippen molar-refractivity contribution in [2.75, 3.05) is 0 Å². The Hall–Kier alpha value is -0.900. The Labute approximate surface area is 154 Å². The van der Waals surface area contributed by atoms with Gasteiger partial charge in [-0.3, -0.25) is 9.59 Å². The first kappa shape index (κ1) is 22.1. The van der Waals surface area contributed by atoms with Crippen molar-refractivity contribution in [3.8, 4) is 0 Å². The van der Waals surface area contributed by atoms with Gasteiger partial charge in [0, 0.05) is 18.4 Å². The molecule has 4 nitrogen and oxygen atoms in total. The molecule has 1 fully saturated rings. The zero-order valence-corrected chi connectivity index (χ0v) is 17.2.